The molecule has 2 aliphatic carbocycles. The number of aliphatic hydroxyl groups excluding tert-OH is 2. The van der Waals surface area contributed by atoms with Crippen molar-refractivity contribution in [3.63, 3.8) is 0 Å². The Kier molecular flexibility index (Phi) is 5.57. The molecule has 2 saturated carbocycles. The first kappa shape index (κ1) is 17.8. The quantitative estimate of drug-likeness (QED) is 0.764. The summed E-state index contributed by atoms with van der Waals surface area (Å²) in [6.07, 6.45) is 7.70. The molecule has 1 saturated heterocycles. The van der Waals surface area contributed by atoms with E-state index in [9.17, 15) is 19.8 Å². The molecule has 136 valence electrons. The highest BCUT2D eigenvalue weighted by Gasteiger charge is 2.51. The lowest BCUT2D eigenvalue weighted by molar-refractivity contribution is -0.243. The number of carbonyl (C=O) groups is 2. The van der Waals surface area contributed by atoms with Crippen LogP contribution in [-0.2, 0) is 9.59 Å². The van der Waals surface area contributed by atoms with Crippen molar-refractivity contribution in [3.8, 4) is 0 Å². The summed E-state index contributed by atoms with van der Waals surface area (Å²) in [7, 11) is 0. The van der Waals surface area contributed by atoms with Gasteiger partial charge in [-0.2, -0.15) is 0 Å². The molecule has 2 N–H and O–H groups in total. The highest BCUT2D eigenvalue weighted by molar-refractivity contribution is 6.01. The SMILES string of the molecule is CC(=O)C1C(=O)N(C2CCCCC2)C(O)N(C2CCCCC2)C1O. The predicted octanol–water partition coefficient (Wildman–Crippen LogP) is 1.60. The van der Waals surface area contributed by atoms with Gasteiger partial charge in [-0.1, -0.05) is 38.5 Å². The summed E-state index contributed by atoms with van der Waals surface area (Å²) >= 11 is 0. The molecule has 3 atom stereocenters. The van der Waals surface area contributed by atoms with Crippen LogP contribution < -0.4 is 0 Å². The Labute approximate surface area is 143 Å². The summed E-state index contributed by atoms with van der Waals surface area (Å²) in [6.45, 7) is 1.36. The number of Topliss-reactive ketones (excluding diaryl/α,β-unsaturated/α-hetero) is 1. The second-order valence-electron chi connectivity index (χ2n) is 7.62. The van der Waals surface area contributed by atoms with E-state index in [2.05, 4.69) is 0 Å². The molecule has 0 aromatic carbocycles. The minimum absolute atomic E-state index is 0.0262. The van der Waals surface area contributed by atoms with Crippen molar-refractivity contribution in [1.29, 1.82) is 0 Å². The number of amides is 1. The lowest BCUT2D eigenvalue weighted by Gasteiger charge is -2.52. The van der Waals surface area contributed by atoms with Crippen LogP contribution >= 0.6 is 0 Å². The van der Waals surface area contributed by atoms with Gasteiger partial charge in [0.15, 0.2) is 6.35 Å². The number of hydrogen-bond acceptors (Lipinski definition) is 5. The van der Waals surface area contributed by atoms with Crippen molar-refractivity contribution in [3.05, 3.63) is 0 Å². The van der Waals surface area contributed by atoms with Crippen molar-refractivity contribution < 1.29 is 19.8 Å². The molecule has 0 aromatic rings. The molecule has 3 rings (SSSR count). The molecular weight excluding hydrogens is 308 g/mol. The molecule has 0 aromatic heterocycles. The average Bonchev–Trinajstić information content (AvgIpc) is 2.56. The molecule has 0 radical (unpaired) electrons. The highest BCUT2D eigenvalue weighted by atomic mass is 16.4. The summed E-state index contributed by atoms with van der Waals surface area (Å²) in [6, 6.07) is 0.00600. The fourth-order valence-electron chi connectivity index (χ4n) is 4.75. The van der Waals surface area contributed by atoms with Crippen molar-refractivity contribution >= 4 is 11.7 Å². The average molecular weight is 338 g/mol. The van der Waals surface area contributed by atoms with Gasteiger partial charge in [0.05, 0.1) is 0 Å². The Morgan fingerprint density at radius 3 is 1.92 bits per heavy atom. The molecule has 0 spiro atoms. The number of hydrogen-bond donors (Lipinski definition) is 2. The number of ketones is 1. The lowest BCUT2D eigenvalue weighted by atomic mass is 9.88. The summed E-state index contributed by atoms with van der Waals surface area (Å²) < 4.78 is 0. The van der Waals surface area contributed by atoms with Gasteiger partial charge in [-0.05, 0) is 32.6 Å². The van der Waals surface area contributed by atoms with Gasteiger partial charge in [0.1, 0.15) is 17.9 Å². The maximum Gasteiger partial charge on any atom is 0.240 e. The molecule has 6 heteroatoms. The fraction of sp³-hybridized carbons (Fsp3) is 0.889. The standard InChI is InChI=1S/C18H30N2O4/c1-12(21)15-16(22)19(13-8-4-2-5-9-13)18(24)20(17(15)23)14-10-6-3-7-11-14/h13-16,18,22,24H,2-11H2,1H3. The number of aliphatic hydroxyl groups is 2. The molecule has 24 heavy (non-hydrogen) atoms. The zero-order chi connectivity index (χ0) is 17.3. The van der Waals surface area contributed by atoms with Crippen LogP contribution in [-0.4, -0.2) is 56.4 Å². The van der Waals surface area contributed by atoms with Crippen LogP contribution in [0.15, 0.2) is 0 Å². The van der Waals surface area contributed by atoms with Crippen molar-refractivity contribution in [2.45, 2.75) is 95.8 Å². The second-order valence-corrected chi connectivity index (χ2v) is 7.62. The van der Waals surface area contributed by atoms with E-state index >= 15 is 0 Å². The van der Waals surface area contributed by atoms with Gasteiger partial charge >= 0.3 is 0 Å². The van der Waals surface area contributed by atoms with Crippen molar-refractivity contribution in [2.75, 3.05) is 0 Å². The van der Waals surface area contributed by atoms with E-state index in [0.29, 0.717) is 0 Å². The van der Waals surface area contributed by atoms with Gasteiger partial charge in [-0.15, -0.1) is 0 Å². The number of carbonyl (C=O) groups excluding carboxylic acids is 2. The first-order valence-corrected chi connectivity index (χ1v) is 9.48. The lowest BCUT2D eigenvalue weighted by Crippen LogP contribution is -2.70. The molecule has 3 unspecified atom stereocenters. The molecule has 1 amide bonds. The Hall–Kier alpha value is -0.980. The molecule has 0 bridgehead atoms. The molecule has 3 aliphatic rings. The topological polar surface area (TPSA) is 81.1 Å². The number of rotatable bonds is 3. The minimum atomic E-state index is -1.21. The highest BCUT2D eigenvalue weighted by Crippen LogP contribution is 2.35. The minimum Gasteiger partial charge on any atom is -0.377 e. The molecule has 1 heterocycles. The Morgan fingerprint density at radius 1 is 0.917 bits per heavy atom. The van der Waals surface area contributed by atoms with E-state index in [1.54, 1.807) is 4.90 Å². The van der Waals surface area contributed by atoms with Crippen LogP contribution in [0.2, 0.25) is 0 Å². The van der Waals surface area contributed by atoms with Gasteiger partial charge in [0.25, 0.3) is 0 Å². The zero-order valence-corrected chi connectivity index (χ0v) is 14.6. The molecule has 3 fully saturated rings. The summed E-state index contributed by atoms with van der Waals surface area (Å²) in [5.41, 5.74) is 0. The Balaban J connectivity index is 1.89. The third-order valence-corrected chi connectivity index (χ3v) is 6.04. The van der Waals surface area contributed by atoms with Crippen LogP contribution in [0.1, 0.15) is 71.1 Å². The normalized spacial score (nSPS) is 34.5. The van der Waals surface area contributed by atoms with E-state index in [-0.39, 0.29) is 17.9 Å². The molecular formula is C18H30N2O4. The van der Waals surface area contributed by atoms with Crippen LogP contribution in [0.25, 0.3) is 0 Å². The maximum atomic E-state index is 12.9. The second kappa shape index (κ2) is 7.50. The fourth-order valence-corrected chi connectivity index (χ4v) is 4.75. The van der Waals surface area contributed by atoms with Gasteiger partial charge in [-0.25, -0.2) is 4.90 Å². The Bertz CT molecular complexity index is 472. The van der Waals surface area contributed by atoms with Gasteiger partial charge in [0, 0.05) is 12.1 Å². The van der Waals surface area contributed by atoms with Gasteiger partial charge in [-0.3, -0.25) is 9.59 Å². The van der Waals surface area contributed by atoms with E-state index < -0.39 is 24.4 Å². The van der Waals surface area contributed by atoms with Crippen molar-refractivity contribution in [1.82, 2.24) is 9.80 Å². The smallest absolute Gasteiger partial charge is 0.240 e. The Morgan fingerprint density at radius 2 is 1.42 bits per heavy atom. The van der Waals surface area contributed by atoms with E-state index in [1.807, 2.05) is 0 Å². The van der Waals surface area contributed by atoms with Crippen molar-refractivity contribution in [2.24, 2.45) is 5.92 Å². The first-order valence-electron chi connectivity index (χ1n) is 9.48. The monoisotopic (exact) mass is 338 g/mol. The van der Waals surface area contributed by atoms with E-state index in [1.165, 1.54) is 11.8 Å². The van der Waals surface area contributed by atoms with Crippen LogP contribution in [0.5, 0.6) is 0 Å². The van der Waals surface area contributed by atoms with Gasteiger partial charge < -0.3 is 15.1 Å². The van der Waals surface area contributed by atoms with E-state index in [0.717, 1.165) is 64.2 Å². The first-order chi connectivity index (χ1) is 11.5. The largest absolute Gasteiger partial charge is 0.377 e. The molecule has 6 nitrogen and oxygen atoms in total. The predicted molar refractivity (Wildman–Crippen MR) is 88.6 cm³/mol. The van der Waals surface area contributed by atoms with Crippen LogP contribution in [0.3, 0.4) is 0 Å². The summed E-state index contributed by atoms with van der Waals surface area (Å²) in [5.74, 6) is -1.79. The van der Waals surface area contributed by atoms with Crippen LogP contribution in [0, 0.1) is 5.92 Å². The van der Waals surface area contributed by atoms with Gasteiger partial charge in [0.2, 0.25) is 5.91 Å². The molecule has 1 aliphatic heterocycles. The van der Waals surface area contributed by atoms with Crippen LogP contribution in [0.4, 0.5) is 0 Å². The summed E-state index contributed by atoms with van der Waals surface area (Å²) in [5, 5.41) is 21.6. The third kappa shape index (κ3) is 3.24. The van der Waals surface area contributed by atoms with E-state index in [4.69, 9.17) is 0 Å². The number of nitrogens with zero attached hydrogens (tertiary/aromatic N) is 2. The zero-order valence-electron chi connectivity index (χ0n) is 14.6. The third-order valence-electron chi connectivity index (χ3n) is 6.04. The summed E-state index contributed by atoms with van der Waals surface area (Å²) in [4.78, 5) is 28.1. The maximum absolute atomic E-state index is 12.9.